The molecule has 0 unspecified atom stereocenters. The molecule has 2 aromatic rings. The largest absolute Gasteiger partial charge is 0.322 e. The molecule has 28 heavy (non-hydrogen) atoms. The number of hydrogen-bond donors (Lipinski definition) is 1. The monoisotopic (exact) mass is 381 g/mol. The predicted molar refractivity (Wildman–Crippen MR) is 113 cm³/mol. The second-order valence-electron chi connectivity index (χ2n) is 8.30. The number of anilines is 1. The maximum atomic E-state index is 12.9. The molecule has 0 atom stereocenters. The summed E-state index contributed by atoms with van der Waals surface area (Å²) in [7, 11) is 4.62. The molecule has 1 aliphatic carbocycles. The van der Waals surface area contributed by atoms with Crippen LogP contribution in [0.3, 0.4) is 0 Å². The standard InChI is InChI=1S/C24H29FN2O/c1-27(2,23-9-4-3-5-10-23)18-20-7-6-8-22(17-20)26-24(28)16-13-19-11-14-21(25)15-12-19/h6-8,11-17,23H,3-5,9-10,18H2,1-2H3/p+1. The molecular formula is C24H30FN2O+. The molecule has 0 saturated heterocycles. The lowest BCUT2D eigenvalue weighted by atomic mass is 9.92. The molecule has 0 spiro atoms. The van der Waals surface area contributed by atoms with Gasteiger partial charge in [-0.1, -0.05) is 30.7 Å². The number of nitrogens with one attached hydrogen (secondary N) is 1. The van der Waals surface area contributed by atoms with Gasteiger partial charge in [0, 0.05) is 17.3 Å². The Labute approximate surface area is 167 Å². The van der Waals surface area contributed by atoms with Crippen molar-refractivity contribution in [3.8, 4) is 0 Å². The Hall–Kier alpha value is -2.46. The van der Waals surface area contributed by atoms with Gasteiger partial charge in [-0.15, -0.1) is 0 Å². The quantitative estimate of drug-likeness (QED) is 0.528. The summed E-state index contributed by atoms with van der Waals surface area (Å²) >= 11 is 0. The molecule has 1 aliphatic rings. The zero-order valence-electron chi connectivity index (χ0n) is 16.8. The summed E-state index contributed by atoms with van der Waals surface area (Å²) in [4.78, 5) is 12.2. The van der Waals surface area contributed by atoms with Gasteiger partial charge < -0.3 is 9.80 Å². The van der Waals surface area contributed by atoms with Gasteiger partial charge in [-0.05, 0) is 61.6 Å². The lowest BCUT2D eigenvalue weighted by molar-refractivity contribution is -0.929. The van der Waals surface area contributed by atoms with E-state index in [0.29, 0.717) is 6.04 Å². The molecule has 1 fully saturated rings. The van der Waals surface area contributed by atoms with Gasteiger partial charge in [-0.2, -0.15) is 0 Å². The van der Waals surface area contributed by atoms with Crippen LogP contribution in [0.5, 0.6) is 0 Å². The van der Waals surface area contributed by atoms with E-state index in [0.717, 1.165) is 22.3 Å². The van der Waals surface area contributed by atoms with Crippen molar-refractivity contribution in [2.45, 2.75) is 44.7 Å². The first-order valence-corrected chi connectivity index (χ1v) is 10.1. The van der Waals surface area contributed by atoms with Crippen LogP contribution in [-0.4, -0.2) is 30.5 Å². The smallest absolute Gasteiger partial charge is 0.248 e. The molecule has 1 saturated carbocycles. The Balaban J connectivity index is 1.60. The van der Waals surface area contributed by atoms with Crippen LogP contribution in [0.25, 0.3) is 6.08 Å². The summed E-state index contributed by atoms with van der Waals surface area (Å²) in [5, 5.41) is 2.92. The van der Waals surface area contributed by atoms with Gasteiger partial charge in [0.05, 0.1) is 20.1 Å². The van der Waals surface area contributed by atoms with E-state index in [1.807, 2.05) is 12.1 Å². The zero-order chi connectivity index (χ0) is 20.0. The number of hydrogen-bond acceptors (Lipinski definition) is 1. The summed E-state index contributed by atoms with van der Waals surface area (Å²) in [6.45, 7) is 0.958. The fraction of sp³-hybridized carbons (Fsp3) is 0.375. The second kappa shape index (κ2) is 9.16. The summed E-state index contributed by atoms with van der Waals surface area (Å²) in [5.41, 5.74) is 2.82. The molecule has 1 amide bonds. The Bertz CT molecular complexity index is 821. The molecule has 0 aliphatic heterocycles. The van der Waals surface area contributed by atoms with Gasteiger partial charge in [-0.3, -0.25) is 4.79 Å². The molecule has 1 N–H and O–H groups in total. The third-order valence-electron chi connectivity index (χ3n) is 5.64. The van der Waals surface area contributed by atoms with Crippen LogP contribution >= 0.6 is 0 Å². The van der Waals surface area contributed by atoms with Gasteiger partial charge in [0.25, 0.3) is 0 Å². The molecule has 4 heteroatoms. The highest BCUT2D eigenvalue weighted by Gasteiger charge is 2.29. The van der Waals surface area contributed by atoms with E-state index in [4.69, 9.17) is 0 Å². The van der Waals surface area contributed by atoms with Gasteiger partial charge in [0.2, 0.25) is 5.91 Å². The lowest BCUT2D eigenvalue weighted by Gasteiger charge is -2.40. The number of quaternary nitrogens is 1. The maximum Gasteiger partial charge on any atom is 0.248 e. The van der Waals surface area contributed by atoms with Gasteiger partial charge in [-0.25, -0.2) is 4.39 Å². The predicted octanol–water partition coefficient (Wildman–Crippen LogP) is 5.39. The van der Waals surface area contributed by atoms with E-state index in [1.165, 1.54) is 55.9 Å². The van der Waals surface area contributed by atoms with E-state index >= 15 is 0 Å². The summed E-state index contributed by atoms with van der Waals surface area (Å²) in [6, 6.07) is 14.9. The molecular weight excluding hydrogens is 351 g/mol. The first kappa shape index (κ1) is 20.3. The minimum absolute atomic E-state index is 0.192. The van der Waals surface area contributed by atoms with Crippen molar-refractivity contribution < 1.29 is 13.7 Å². The highest BCUT2D eigenvalue weighted by molar-refractivity contribution is 6.01. The SMILES string of the molecule is C[N+](C)(Cc1cccc(NC(=O)C=Cc2ccc(F)cc2)c1)C1CCCCC1. The van der Waals surface area contributed by atoms with E-state index in [2.05, 4.69) is 31.5 Å². The lowest BCUT2D eigenvalue weighted by Crippen LogP contribution is -2.48. The Kier molecular flexibility index (Phi) is 6.63. The topological polar surface area (TPSA) is 29.1 Å². The van der Waals surface area contributed by atoms with Crippen molar-refractivity contribution in [2.24, 2.45) is 0 Å². The Morgan fingerprint density at radius 1 is 1.11 bits per heavy atom. The summed E-state index contributed by atoms with van der Waals surface area (Å²) in [6.07, 6.45) is 9.80. The van der Waals surface area contributed by atoms with E-state index in [-0.39, 0.29) is 11.7 Å². The zero-order valence-corrected chi connectivity index (χ0v) is 16.8. The van der Waals surface area contributed by atoms with Gasteiger partial charge in [0.1, 0.15) is 12.4 Å². The van der Waals surface area contributed by atoms with E-state index < -0.39 is 0 Å². The molecule has 3 nitrogen and oxygen atoms in total. The van der Waals surface area contributed by atoms with Gasteiger partial charge in [0.15, 0.2) is 0 Å². The number of benzene rings is 2. The fourth-order valence-electron chi connectivity index (χ4n) is 4.06. The molecule has 0 aromatic heterocycles. The number of carbonyl (C=O) groups excluding carboxylic acids is 1. The number of rotatable bonds is 6. The Morgan fingerprint density at radius 3 is 2.54 bits per heavy atom. The van der Waals surface area contributed by atoms with Crippen molar-refractivity contribution in [1.29, 1.82) is 0 Å². The third kappa shape index (κ3) is 5.77. The minimum atomic E-state index is -0.284. The molecule has 0 radical (unpaired) electrons. The first-order valence-electron chi connectivity index (χ1n) is 10.1. The van der Waals surface area contributed by atoms with Crippen LogP contribution in [0.1, 0.15) is 43.2 Å². The molecule has 0 heterocycles. The third-order valence-corrected chi connectivity index (χ3v) is 5.64. The molecule has 148 valence electrons. The average Bonchev–Trinajstić information content (AvgIpc) is 2.68. The number of carbonyl (C=O) groups is 1. The average molecular weight is 382 g/mol. The second-order valence-corrected chi connectivity index (χ2v) is 8.30. The molecule has 0 bridgehead atoms. The van der Waals surface area contributed by atoms with Crippen molar-refractivity contribution >= 4 is 17.7 Å². The highest BCUT2D eigenvalue weighted by Crippen LogP contribution is 2.28. The number of nitrogens with zero attached hydrogens (tertiary/aromatic N) is 1. The van der Waals surface area contributed by atoms with Crippen molar-refractivity contribution in [2.75, 3.05) is 19.4 Å². The van der Waals surface area contributed by atoms with Crippen LogP contribution in [-0.2, 0) is 11.3 Å². The Morgan fingerprint density at radius 2 is 1.82 bits per heavy atom. The highest BCUT2D eigenvalue weighted by atomic mass is 19.1. The van der Waals surface area contributed by atoms with Crippen LogP contribution < -0.4 is 5.32 Å². The van der Waals surface area contributed by atoms with Crippen LogP contribution in [0.2, 0.25) is 0 Å². The summed E-state index contributed by atoms with van der Waals surface area (Å²) in [5.74, 6) is -0.476. The minimum Gasteiger partial charge on any atom is -0.322 e. The van der Waals surface area contributed by atoms with Crippen LogP contribution in [0, 0.1) is 5.82 Å². The van der Waals surface area contributed by atoms with E-state index in [1.54, 1.807) is 18.2 Å². The van der Waals surface area contributed by atoms with Crippen LogP contribution in [0.4, 0.5) is 10.1 Å². The van der Waals surface area contributed by atoms with Crippen LogP contribution in [0.15, 0.2) is 54.6 Å². The van der Waals surface area contributed by atoms with Crippen molar-refractivity contribution in [1.82, 2.24) is 0 Å². The number of amides is 1. The van der Waals surface area contributed by atoms with Crippen molar-refractivity contribution in [3.63, 3.8) is 0 Å². The fourth-order valence-corrected chi connectivity index (χ4v) is 4.06. The maximum absolute atomic E-state index is 12.9. The normalized spacial score (nSPS) is 15.7. The molecule has 3 rings (SSSR count). The van der Waals surface area contributed by atoms with Gasteiger partial charge >= 0.3 is 0 Å². The van der Waals surface area contributed by atoms with Crippen molar-refractivity contribution in [3.05, 3.63) is 71.6 Å². The first-order chi connectivity index (χ1) is 13.4. The summed E-state index contributed by atoms with van der Waals surface area (Å²) < 4.78 is 13.9. The van der Waals surface area contributed by atoms with E-state index in [9.17, 15) is 9.18 Å². The molecule has 2 aromatic carbocycles. The number of halogens is 1.